The van der Waals surface area contributed by atoms with Crippen molar-refractivity contribution in [3.8, 4) is 17.1 Å². The zero-order valence-corrected chi connectivity index (χ0v) is 12.4. The van der Waals surface area contributed by atoms with Crippen molar-refractivity contribution in [1.29, 1.82) is 0 Å². The first-order valence-electron chi connectivity index (χ1n) is 6.31. The molecule has 7 nitrogen and oxygen atoms in total. The number of aromatic nitrogens is 4. The molecule has 0 fully saturated rings. The molecule has 1 amide bonds. The zero-order chi connectivity index (χ0) is 15.4. The Morgan fingerprint density at radius 2 is 2.18 bits per heavy atom. The average molecular weight is 313 g/mol. The predicted octanol–water partition coefficient (Wildman–Crippen LogP) is 2.26. The Morgan fingerprint density at radius 1 is 1.27 bits per heavy atom. The van der Waals surface area contributed by atoms with E-state index in [-0.39, 0.29) is 11.6 Å². The number of hydrogen-bond acceptors (Lipinski definition) is 7. The predicted molar refractivity (Wildman–Crippen MR) is 81.9 cm³/mol. The van der Waals surface area contributed by atoms with Crippen LogP contribution in [0.3, 0.4) is 0 Å². The Bertz CT molecular complexity index is 773. The molecule has 1 N–H and O–H groups in total. The molecule has 0 saturated carbocycles. The number of methoxy groups -OCH3 is 1. The van der Waals surface area contributed by atoms with E-state index < -0.39 is 0 Å². The molecular formula is C14H11N5O2S. The number of hydrogen-bond donors (Lipinski definition) is 1. The molecule has 0 aliphatic carbocycles. The van der Waals surface area contributed by atoms with Crippen LogP contribution < -0.4 is 10.1 Å². The van der Waals surface area contributed by atoms with Crippen LogP contribution in [0.2, 0.25) is 0 Å². The molecule has 110 valence electrons. The van der Waals surface area contributed by atoms with Gasteiger partial charge in [0.05, 0.1) is 12.8 Å². The summed E-state index contributed by atoms with van der Waals surface area (Å²) in [5, 5.41) is 12.6. The summed E-state index contributed by atoms with van der Waals surface area (Å²) < 4.78 is 4.90. The standard InChI is InChI=1S/C14H11N5O2S/c1-21-12-5-4-10(18-19-12)13(20)17-14-16-11(8-22-14)9-3-2-6-15-7-9/h2-8H,1H3,(H,16,17,20). The Labute approximate surface area is 130 Å². The second kappa shape index (κ2) is 6.27. The third-order valence-electron chi connectivity index (χ3n) is 2.76. The Balaban J connectivity index is 1.73. The normalized spacial score (nSPS) is 10.2. The van der Waals surface area contributed by atoms with Gasteiger partial charge in [-0.25, -0.2) is 4.98 Å². The van der Waals surface area contributed by atoms with Crippen molar-refractivity contribution in [2.24, 2.45) is 0 Å². The van der Waals surface area contributed by atoms with Crippen molar-refractivity contribution in [3.63, 3.8) is 0 Å². The largest absolute Gasteiger partial charge is 0.480 e. The van der Waals surface area contributed by atoms with E-state index in [2.05, 4.69) is 25.5 Å². The number of carbonyl (C=O) groups excluding carboxylic acids is 1. The number of thiazole rings is 1. The molecule has 0 aliphatic rings. The quantitative estimate of drug-likeness (QED) is 0.794. The van der Waals surface area contributed by atoms with Crippen LogP contribution in [0.4, 0.5) is 5.13 Å². The number of nitrogens with zero attached hydrogens (tertiary/aromatic N) is 4. The van der Waals surface area contributed by atoms with Crippen LogP contribution in [-0.4, -0.2) is 33.2 Å². The van der Waals surface area contributed by atoms with Crippen molar-refractivity contribution in [1.82, 2.24) is 20.2 Å². The highest BCUT2D eigenvalue weighted by molar-refractivity contribution is 7.14. The lowest BCUT2D eigenvalue weighted by Crippen LogP contribution is -2.14. The first-order valence-corrected chi connectivity index (χ1v) is 7.19. The highest BCUT2D eigenvalue weighted by Crippen LogP contribution is 2.24. The number of anilines is 1. The second-order valence-electron chi connectivity index (χ2n) is 4.19. The fourth-order valence-electron chi connectivity index (χ4n) is 1.69. The lowest BCUT2D eigenvalue weighted by Gasteiger charge is -2.01. The van der Waals surface area contributed by atoms with Crippen LogP contribution in [0.1, 0.15) is 10.5 Å². The van der Waals surface area contributed by atoms with Crippen molar-refractivity contribution in [2.75, 3.05) is 12.4 Å². The fourth-order valence-corrected chi connectivity index (χ4v) is 2.40. The van der Waals surface area contributed by atoms with Gasteiger partial charge < -0.3 is 4.74 Å². The first kappa shape index (κ1) is 14.1. The van der Waals surface area contributed by atoms with E-state index >= 15 is 0 Å². The summed E-state index contributed by atoms with van der Waals surface area (Å²) in [6, 6.07) is 6.85. The van der Waals surface area contributed by atoms with Crippen molar-refractivity contribution in [2.45, 2.75) is 0 Å². The number of carbonyl (C=O) groups is 1. The molecule has 3 aromatic rings. The molecule has 0 radical (unpaired) electrons. The van der Waals surface area contributed by atoms with Crippen molar-refractivity contribution >= 4 is 22.4 Å². The summed E-state index contributed by atoms with van der Waals surface area (Å²) in [6.45, 7) is 0. The van der Waals surface area contributed by atoms with Crippen LogP contribution in [0.25, 0.3) is 11.3 Å². The molecule has 0 aliphatic heterocycles. The molecule has 3 heterocycles. The molecule has 3 aromatic heterocycles. The molecule has 0 saturated heterocycles. The van der Waals surface area contributed by atoms with Gasteiger partial charge in [0.2, 0.25) is 5.88 Å². The average Bonchev–Trinajstić information content (AvgIpc) is 3.04. The van der Waals surface area contributed by atoms with Gasteiger partial charge in [-0.1, -0.05) is 0 Å². The van der Waals surface area contributed by atoms with Crippen LogP contribution >= 0.6 is 11.3 Å². The molecular weight excluding hydrogens is 302 g/mol. The summed E-state index contributed by atoms with van der Waals surface area (Å²) in [5.74, 6) is -0.0214. The van der Waals surface area contributed by atoms with Gasteiger partial charge >= 0.3 is 0 Å². The second-order valence-corrected chi connectivity index (χ2v) is 5.05. The molecule has 0 aromatic carbocycles. The number of pyridine rings is 1. The topological polar surface area (TPSA) is 89.9 Å². The van der Waals surface area contributed by atoms with Gasteiger partial charge in [-0.2, -0.15) is 0 Å². The number of nitrogens with one attached hydrogen (secondary N) is 1. The van der Waals surface area contributed by atoms with Gasteiger partial charge in [0.25, 0.3) is 5.91 Å². The fraction of sp³-hybridized carbons (Fsp3) is 0.0714. The van der Waals surface area contributed by atoms with E-state index in [0.717, 1.165) is 11.3 Å². The minimum absolute atomic E-state index is 0.193. The van der Waals surface area contributed by atoms with E-state index in [1.807, 2.05) is 17.5 Å². The van der Waals surface area contributed by atoms with Gasteiger partial charge in [0, 0.05) is 29.4 Å². The highest BCUT2D eigenvalue weighted by Gasteiger charge is 2.12. The molecule has 0 atom stereocenters. The Hall–Kier alpha value is -2.87. The van der Waals surface area contributed by atoms with E-state index in [4.69, 9.17) is 4.74 Å². The molecule has 0 bridgehead atoms. The van der Waals surface area contributed by atoms with Crippen molar-refractivity contribution in [3.05, 3.63) is 47.7 Å². The van der Waals surface area contributed by atoms with Gasteiger partial charge in [0.15, 0.2) is 10.8 Å². The minimum Gasteiger partial charge on any atom is -0.480 e. The van der Waals surface area contributed by atoms with Crippen LogP contribution in [-0.2, 0) is 0 Å². The maximum absolute atomic E-state index is 12.1. The Morgan fingerprint density at radius 3 is 2.86 bits per heavy atom. The van der Waals surface area contributed by atoms with Gasteiger partial charge in [-0.15, -0.1) is 21.5 Å². The minimum atomic E-state index is -0.373. The highest BCUT2D eigenvalue weighted by atomic mass is 32.1. The molecule has 22 heavy (non-hydrogen) atoms. The maximum atomic E-state index is 12.1. The monoisotopic (exact) mass is 313 g/mol. The number of amides is 1. The molecule has 8 heteroatoms. The lowest BCUT2D eigenvalue weighted by molar-refractivity contribution is 0.102. The summed E-state index contributed by atoms with van der Waals surface area (Å²) >= 11 is 1.33. The van der Waals surface area contributed by atoms with E-state index in [1.54, 1.807) is 18.5 Å². The van der Waals surface area contributed by atoms with Crippen LogP contribution in [0.15, 0.2) is 42.0 Å². The molecule has 3 rings (SSSR count). The van der Waals surface area contributed by atoms with E-state index in [0.29, 0.717) is 11.0 Å². The summed E-state index contributed by atoms with van der Waals surface area (Å²) in [7, 11) is 1.49. The summed E-state index contributed by atoms with van der Waals surface area (Å²) in [4.78, 5) is 20.5. The lowest BCUT2D eigenvalue weighted by atomic mass is 10.2. The zero-order valence-electron chi connectivity index (χ0n) is 11.6. The van der Waals surface area contributed by atoms with Gasteiger partial charge in [-0.3, -0.25) is 15.1 Å². The third kappa shape index (κ3) is 3.07. The van der Waals surface area contributed by atoms with Crippen LogP contribution in [0.5, 0.6) is 5.88 Å². The Kier molecular flexibility index (Phi) is 4.01. The third-order valence-corrected chi connectivity index (χ3v) is 3.52. The maximum Gasteiger partial charge on any atom is 0.277 e. The van der Waals surface area contributed by atoms with E-state index in [1.165, 1.54) is 24.5 Å². The van der Waals surface area contributed by atoms with Gasteiger partial charge in [0.1, 0.15) is 0 Å². The van der Waals surface area contributed by atoms with Crippen LogP contribution in [0, 0.1) is 0 Å². The molecule has 0 spiro atoms. The van der Waals surface area contributed by atoms with Crippen molar-refractivity contribution < 1.29 is 9.53 Å². The molecule has 0 unspecified atom stereocenters. The SMILES string of the molecule is COc1ccc(C(=O)Nc2nc(-c3cccnc3)cs2)nn1. The first-order chi connectivity index (χ1) is 10.8. The number of rotatable bonds is 4. The smallest absolute Gasteiger partial charge is 0.277 e. The van der Waals surface area contributed by atoms with E-state index in [9.17, 15) is 4.79 Å². The number of ether oxygens (including phenoxy) is 1. The summed E-state index contributed by atoms with van der Waals surface area (Å²) in [5.41, 5.74) is 1.84. The van der Waals surface area contributed by atoms with Gasteiger partial charge in [-0.05, 0) is 18.2 Å². The summed E-state index contributed by atoms with van der Waals surface area (Å²) in [6.07, 6.45) is 3.41.